The van der Waals surface area contributed by atoms with Gasteiger partial charge in [-0.25, -0.2) is 4.79 Å². The van der Waals surface area contributed by atoms with Crippen LogP contribution in [0, 0.1) is 23.7 Å². The summed E-state index contributed by atoms with van der Waals surface area (Å²) >= 11 is 0. The normalized spacial score (nSPS) is 27.8. The number of benzene rings is 2. The van der Waals surface area contributed by atoms with Crippen molar-refractivity contribution >= 4 is 53.2 Å². The molecule has 0 radical (unpaired) electrons. The van der Waals surface area contributed by atoms with Gasteiger partial charge in [0.1, 0.15) is 54.4 Å². The summed E-state index contributed by atoms with van der Waals surface area (Å²) in [6.45, 7) is 17.3. The Kier molecular flexibility index (Phi) is 19.9. The topological polar surface area (TPSA) is 206 Å². The predicted molar refractivity (Wildman–Crippen MR) is 268 cm³/mol. The first-order chi connectivity index (χ1) is 33.2. The Bertz CT molecular complexity index is 2240. The molecule has 10 atom stereocenters. The molecule has 2 aliphatic rings. The molecule has 8 amide bonds. The molecule has 0 saturated carbocycles. The largest absolute Gasteiger partial charge is 0.458 e. The molecule has 2 fully saturated rings. The molecule has 3 unspecified atom stereocenters. The molecule has 4 rings (SSSR count). The van der Waals surface area contributed by atoms with Crippen molar-refractivity contribution in [3.63, 3.8) is 0 Å². The lowest BCUT2D eigenvalue weighted by atomic mass is 9.96. The zero-order valence-corrected chi connectivity index (χ0v) is 44.4. The SMILES string of the molecule is CC(C)CC1C(=O)N(C)[C@@H](C)C(=O)N2CC(C)C[C@H]2C(=O)N(C)[C@@H](C)C(=O)N[C@@H](Cc2ccccc2)C(=O)N(C)C(C(C)C)C(=O)N(C)[C@@H](C(C)C)C(=O)O[C@H](C)[C@H](NC(=O)c2ccccc2)C(=O)N1C. The zero-order valence-electron chi connectivity index (χ0n) is 44.4. The fourth-order valence-electron chi connectivity index (χ4n) is 9.56. The second-order valence-corrected chi connectivity index (χ2v) is 20.7. The lowest BCUT2D eigenvalue weighted by Gasteiger charge is -2.39. The van der Waals surface area contributed by atoms with E-state index in [0.717, 1.165) is 0 Å². The summed E-state index contributed by atoms with van der Waals surface area (Å²) in [7, 11) is 7.22. The molecule has 71 heavy (non-hydrogen) atoms. The van der Waals surface area contributed by atoms with Gasteiger partial charge in [-0.1, -0.05) is 97.0 Å². The molecule has 2 aromatic rings. The summed E-state index contributed by atoms with van der Waals surface area (Å²) < 4.78 is 6.07. The number of carbonyl (C=O) groups is 9. The minimum absolute atomic E-state index is 0.0360. The van der Waals surface area contributed by atoms with Crippen molar-refractivity contribution in [3.8, 4) is 0 Å². The summed E-state index contributed by atoms with van der Waals surface area (Å²) in [6.07, 6.45) is -0.892. The lowest BCUT2D eigenvalue weighted by molar-refractivity contribution is -0.165. The molecule has 0 aliphatic carbocycles. The van der Waals surface area contributed by atoms with Crippen LogP contribution in [0.2, 0.25) is 0 Å². The number of amides is 8. The van der Waals surface area contributed by atoms with Crippen LogP contribution in [0.3, 0.4) is 0 Å². The van der Waals surface area contributed by atoms with Crippen LogP contribution in [0.25, 0.3) is 0 Å². The van der Waals surface area contributed by atoms with Gasteiger partial charge < -0.3 is 44.8 Å². The van der Waals surface area contributed by atoms with Crippen LogP contribution in [0.5, 0.6) is 0 Å². The third-order valence-corrected chi connectivity index (χ3v) is 14.0. The maximum absolute atomic E-state index is 14.9. The fourth-order valence-corrected chi connectivity index (χ4v) is 9.56. The molecule has 2 aromatic carbocycles. The van der Waals surface area contributed by atoms with E-state index >= 15 is 0 Å². The van der Waals surface area contributed by atoms with Crippen LogP contribution in [0.1, 0.15) is 98.0 Å². The van der Waals surface area contributed by atoms with Gasteiger partial charge >= 0.3 is 5.97 Å². The molecule has 0 spiro atoms. The monoisotopic (exact) mass is 987 g/mol. The highest BCUT2D eigenvalue weighted by Gasteiger charge is 2.46. The van der Waals surface area contributed by atoms with E-state index in [2.05, 4.69) is 10.6 Å². The summed E-state index contributed by atoms with van der Waals surface area (Å²) in [6, 6.07) is 7.61. The molecule has 2 N–H and O–H groups in total. The van der Waals surface area contributed by atoms with E-state index in [1.807, 2.05) is 26.8 Å². The number of rotatable bonds is 8. The van der Waals surface area contributed by atoms with Crippen molar-refractivity contribution in [2.45, 2.75) is 143 Å². The number of ether oxygens (including phenoxy) is 1. The van der Waals surface area contributed by atoms with Gasteiger partial charge in [0.25, 0.3) is 5.91 Å². The van der Waals surface area contributed by atoms with Gasteiger partial charge in [0, 0.05) is 53.8 Å². The number of esters is 1. The second-order valence-electron chi connectivity index (χ2n) is 20.7. The summed E-state index contributed by atoms with van der Waals surface area (Å²) in [4.78, 5) is 138. The summed E-state index contributed by atoms with van der Waals surface area (Å²) in [5, 5.41) is 5.61. The van der Waals surface area contributed by atoms with E-state index in [9.17, 15) is 43.2 Å². The molecule has 18 nitrogen and oxygen atoms in total. The molecule has 0 bridgehead atoms. The van der Waals surface area contributed by atoms with Crippen molar-refractivity contribution in [1.82, 2.24) is 40.0 Å². The number of nitrogens with zero attached hydrogens (tertiary/aromatic N) is 6. The van der Waals surface area contributed by atoms with Gasteiger partial charge in [-0.15, -0.1) is 0 Å². The first-order valence-electron chi connectivity index (χ1n) is 24.8. The van der Waals surface area contributed by atoms with Crippen LogP contribution < -0.4 is 10.6 Å². The highest BCUT2D eigenvalue weighted by molar-refractivity contribution is 6.00. The molecule has 18 heteroatoms. The molecule has 2 saturated heterocycles. The van der Waals surface area contributed by atoms with Crippen molar-refractivity contribution in [2.24, 2.45) is 23.7 Å². The van der Waals surface area contributed by atoms with Crippen molar-refractivity contribution < 1.29 is 47.9 Å². The fraction of sp³-hybridized carbons (Fsp3) is 0.604. The van der Waals surface area contributed by atoms with Gasteiger partial charge in [0.05, 0.1) is 0 Å². The van der Waals surface area contributed by atoms with Gasteiger partial charge in [-0.2, -0.15) is 0 Å². The number of fused-ring (bicyclic) bond motifs is 1. The number of hydrogen-bond donors (Lipinski definition) is 2. The predicted octanol–water partition coefficient (Wildman–Crippen LogP) is 3.23. The third-order valence-electron chi connectivity index (χ3n) is 14.0. The van der Waals surface area contributed by atoms with Gasteiger partial charge in [0.15, 0.2) is 0 Å². The first-order valence-corrected chi connectivity index (χ1v) is 24.8. The quantitative estimate of drug-likeness (QED) is 0.370. The first kappa shape index (κ1) is 57.3. The highest BCUT2D eigenvalue weighted by Crippen LogP contribution is 2.28. The molecular formula is C53H78N8O10. The Morgan fingerprint density at radius 2 is 1.17 bits per heavy atom. The van der Waals surface area contributed by atoms with E-state index in [-0.39, 0.29) is 43.2 Å². The van der Waals surface area contributed by atoms with Gasteiger partial charge in [-0.05, 0) is 75.0 Å². The van der Waals surface area contributed by atoms with E-state index in [1.54, 1.807) is 89.2 Å². The maximum Gasteiger partial charge on any atom is 0.329 e. The average Bonchev–Trinajstić information content (AvgIpc) is 3.73. The maximum atomic E-state index is 14.9. The standard InChI is InChI=1S/C53H78N8O10/c1-30(2)26-40-49(66)57(12)35(9)47(64)61-29-33(7)27-41(61)50(67)56(11)34(8)45(62)54-39(28-37-22-18-16-19-23-37)48(65)59(14)43(31(3)4)52(69)60(15)44(32(5)6)53(70)71-36(10)42(51(68)58(40)13)55-46(63)38-24-20-17-21-25-38/h16-25,30-36,39-44H,26-29H2,1-15H3,(H,54,62)(H,55,63)/t33?,34-,35-,36+,39-,40?,41-,42-,43?,44-/m0/s1. The van der Waals surface area contributed by atoms with Crippen LogP contribution in [-0.2, 0) is 49.5 Å². The number of cyclic esters (lactones) is 1. The molecule has 390 valence electrons. The third kappa shape index (κ3) is 13.6. The van der Waals surface area contributed by atoms with Crippen molar-refractivity contribution in [3.05, 3.63) is 71.8 Å². The average molecular weight is 987 g/mol. The minimum atomic E-state index is -1.55. The minimum Gasteiger partial charge on any atom is -0.458 e. The molecule has 0 aromatic heterocycles. The Hall–Kier alpha value is -6.33. The Labute approximate surface area is 420 Å². The van der Waals surface area contributed by atoms with Crippen LogP contribution in [0.4, 0.5) is 0 Å². The zero-order chi connectivity index (χ0) is 53.3. The molecular weight excluding hydrogens is 909 g/mol. The smallest absolute Gasteiger partial charge is 0.329 e. The van der Waals surface area contributed by atoms with E-state index < -0.39 is 120 Å². The lowest BCUT2D eigenvalue weighted by Crippen LogP contribution is -2.61. The van der Waals surface area contributed by atoms with Crippen LogP contribution >= 0.6 is 0 Å². The number of likely N-dealkylation sites (N-methyl/N-ethyl adjacent to an activating group) is 5. The Morgan fingerprint density at radius 1 is 0.634 bits per heavy atom. The van der Waals surface area contributed by atoms with E-state index in [1.165, 1.54) is 78.5 Å². The van der Waals surface area contributed by atoms with E-state index in [4.69, 9.17) is 4.74 Å². The number of nitrogens with one attached hydrogen (secondary N) is 2. The number of hydrogen-bond acceptors (Lipinski definition) is 10. The van der Waals surface area contributed by atoms with Crippen LogP contribution in [-0.4, -0.2) is 179 Å². The molecule has 2 aliphatic heterocycles. The Morgan fingerprint density at radius 3 is 1.72 bits per heavy atom. The van der Waals surface area contributed by atoms with Crippen molar-refractivity contribution in [2.75, 3.05) is 41.8 Å². The highest BCUT2D eigenvalue weighted by atomic mass is 16.5. The van der Waals surface area contributed by atoms with E-state index in [0.29, 0.717) is 5.56 Å². The second kappa shape index (κ2) is 24.7. The molecule has 2 heterocycles. The number of carbonyl (C=O) groups excluding carboxylic acids is 9. The van der Waals surface area contributed by atoms with Gasteiger partial charge in [-0.3, -0.25) is 38.4 Å². The van der Waals surface area contributed by atoms with Crippen molar-refractivity contribution in [1.29, 1.82) is 0 Å². The summed E-state index contributed by atoms with van der Waals surface area (Å²) in [5.74, 6) is -7.08. The Balaban J connectivity index is 1.89. The van der Waals surface area contributed by atoms with Gasteiger partial charge in [0.2, 0.25) is 41.4 Å². The van der Waals surface area contributed by atoms with Crippen LogP contribution in [0.15, 0.2) is 60.7 Å². The summed E-state index contributed by atoms with van der Waals surface area (Å²) in [5.41, 5.74) is 0.929.